The molecule has 0 aromatic heterocycles. The van der Waals surface area contributed by atoms with Gasteiger partial charge < -0.3 is 10.7 Å². The number of rotatable bonds is 4. The summed E-state index contributed by atoms with van der Waals surface area (Å²) in [6.07, 6.45) is -4.07. The van der Waals surface area contributed by atoms with Crippen LogP contribution in [0.3, 0.4) is 0 Å². The lowest BCUT2D eigenvalue weighted by atomic mass is 10.4. The molecule has 4 N–H and O–H groups in total. The van der Waals surface area contributed by atoms with E-state index in [1.54, 1.807) is 0 Å². The summed E-state index contributed by atoms with van der Waals surface area (Å²) in [7, 11) is -5.35. The van der Waals surface area contributed by atoms with Gasteiger partial charge in [-0.15, -0.1) is 0 Å². The summed E-state index contributed by atoms with van der Waals surface area (Å²) in [5, 5.41) is 0. The van der Waals surface area contributed by atoms with E-state index >= 15 is 0 Å². The summed E-state index contributed by atoms with van der Waals surface area (Å²) in [6, 6.07) is 0. The zero-order chi connectivity index (χ0) is 9.99. The predicted molar refractivity (Wildman–Crippen MR) is 32.6 cm³/mol. The first-order chi connectivity index (χ1) is 5.15. The average Bonchev–Trinajstić information content (AvgIpc) is 1.82. The Labute approximate surface area is 71.2 Å². The molecule has 0 heterocycles. The zero-order valence-corrected chi connectivity index (χ0v) is 7.15. The van der Waals surface area contributed by atoms with Crippen LogP contribution in [0.1, 0.15) is 0 Å². The molecule has 0 fully saturated rings. The molecule has 0 unspecified atom stereocenters. The van der Waals surface area contributed by atoms with E-state index in [-0.39, 0.29) is 6.15 Å². The summed E-state index contributed by atoms with van der Waals surface area (Å²) < 4.78 is 77.7. The topological polar surface area (TPSA) is 103 Å². The van der Waals surface area contributed by atoms with Gasteiger partial charge in [-0.3, -0.25) is 4.18 Å². The fourth-order valence-corrected chi connectivity index (χ4v) is 0.515. The molecule has 0 radical (unpaired) electrons. The molecular weight excluding hydrogens is 222 g/mol. The lowest BCUT2D eigenvalue weighted by Gasteiger charge is -2.15. The van der Waals surface area contributed by atoms with Gasteiger partial charge in [-0.2, -0.15) is 8.78 Å². The molecule has 5 nitrogen and oxygen atoms in total. The molecule has 0 aromatic carbocycles. The van der Waals surface area contributed by atoms with E-state index in [0.29, 0.717) is 0 Å². The number of hydrogen-bond acceptors (Lipinski definition) is 4. The monoisotopic (exact) mass is 229 g/mol. The van der Waals surface area contributed by atoms with E-state index in [4.69, 9.17) is 0 Å². The Hall–Kier alpha value is -0.450. The first kappa shape index (κ1) is 15.0. The third-order valence-corrected chi connectivity index (χ3v) is 1.12. The van der Waals surface area contributed by atoms with Crippen LogP contribution >= 0.6 is 0 Å². The molecule has 0 saturated carbocycles. The minimum Gasteiger partial charge on any atom is -0.726 e. The molecule has 0 aliphatic heterocycles. The largest absolute Gasteiger partial charge is 0.726 e. The van der Waals surface area contributed by atoms with E-state index in [1.807, 2.05) is 0 Å². The highest BCUT2D eigenvalue weighted by Crippen LogP contribution is 2.23. The molecule has 0 saturated heterocycles. The lowest BCUT2D eigenvalue weighted by molar-refractivity contribution is -0.148. The van der Waals surface area contributed by atoms with Crippen LogP contribution in [0.2, 0.25) is 0 Å². The van der Waals surface area contributed by atoms with Gasteiger partial charge in [-0.1, -0.05) is 0 Å². The van der Waals surface area contributed by atoms with Crippen molar-refractivity contribution in [2.75, 3.05) is 6.61 Å². The Morgan fingerprint density at radius 3 is 2.00 bits per heavy atom. The molecule has 13 heavy (non-hydrogen) atoms. The second kappa shape index (κ2) is 4.69. The van der Waals surface area contributed by atoms with Crippen LogP contribution in [-0.2, 0) is 14.6 Å². The van der Waals surface area contributed by atoms with E-state index < -0.39 is 29.4 Å². The average molecular weight is 229 g/mol. The third kappa shape index (κ3) is 6.69. The van der Waals surface area contributed by atoms with E-state index in [2.05, 4.69) is 4.18 Å². The van der Waals surface area contributed by atoms with Gasteiger partial charge in [-0.25, -0.2) is 17.2 Å². The highest BCUT2D eigenvalue weighted by Gasteiger charge is 2.41. The normalized spacial score (nSPS) is 12.8. The van der Waals surface area contributed by atoms with Crippen molar-refractivity contribution in [3.05, 3.63) is 0 Å². The molecule has 82 valence electrons. The van der Waals surface area contributed by atoms with Gasteiger partial charge in [0.15, 0.2) is 0 Å². The van der Waals surface area contributed by atoms with Gasteiger partial charge in [0.1, 0.15) is 6.61 Å². The van der Waals surface area contributed by atoms with E-state index in [1.165, 1.54) is 0 Å². The fraction of sp³-hybridized carbons (Fsp3) is 1.00. The molecule has 0 aliphatic carbocycles. The third-order valence-electron chi connectivity index (χ3n) is 0.715. The highest BCUT2D eigenvalue weighted by atomic mass is 32.3. The van der Waals surface area contributed by atoms with Crippen LogP contribution in [0.25, 0.3) is 0 Å². The maximum Gasteiger partial charge on any atom is 0.331 e. The smallest absolute Gasteiger partial charge is 0.331 e. The van der Waals surface area contributed by atoms with Crippen LogP contribution in [0.15, 0.2) is 0 Å². The van der Waals surface area contributed by atoms with Crippen LogP contribution in [0, 0.1) is 0 Å². The molecule has 0 aromatic rings. The Morgan fingerprint density at radius 2 is 1.77 bits per heavy atom. The number of alkyl halides is 4. The van der Waals surface area contributed by atoms with Crippen LogP contribution in [0.5, 0.6) is 0 Å². The Morgan fingerprint density at radius 1 is 1.38 bits per heavy atom. The maximum atomic E-state index is 11.8. The first-order valence-electron chi connectivity index (χ1n) is 2.41. The number of halogens is 4. The second-order valence-corrected chi connectivity index (χ2v) is 2.78. The van der Waals surface area contributed by atoms with Crippen molar-refractivity contribution in [3.8, 4) is 0 Å². The standard InChI is InChI=1S/C3H4F4O4S.H3N/c4-2(5)3(6,7)1-11-12(8,9)10;/h2H,1H2,(H,8,9,10);1H3. The molecular formula is C3H7F4NO4S. The van der Waals surface area contributed by atoms with Gasteiger partial charge in [0.25, 0.3) is 0 Å². The van der Waals surface area contributed by atoms with E-state index in [0.717, 1.165) is 0 Å². The van der Waals surface area contributed by atoms with Crippen LogP contribution in [0.4, 0.5) is 17.6 Å². The SMILES string of the molecule is O=S(=O)([O-])OCC(F)(F)C(F)F.[NH4+]. The summed E-state index contributed by atoms with van der Waals surface area (Å²) >= 11 is 0. The van der Waals surface area contributed by atoms with Gasteiger partial charge >= 0.3 is 12.3 Å². The minimum atomic E-state index is -5.35. The van der Waals surface area contributed by atoms with Gasteiger partial charge in [0.05, 0.1) is 0 Å². The van der Waals surface area contributed by atoms with Gasteiger partial charge in [-0.05, 0) is 0 Å². The Balaban J connectivity index is 0. The summed E-state index contributed by atoms with van der Waals surface area (Å²) in [5.41, 5.74) is 0. The first-order valence-corrected chi connectivity index (χ1v) is 3.75. The Kier molecular flexibility index (Phi) is 5.43. The van der Waals surface area contributed by atoms with Crippen molar-refractivity contribution in [3.63, 3.8) is 0 Å². The highest BCUT2D eigenvalue weighted by molar-refractivity contribution is 7.80. The maximum absolute atomic E-state index is 11.8. The molecule has 10 heteroatoms. The van der Waals surface area contributed by atoms with Crippen molar-refractivity contribution in [1.82, 2.24) is 6.15 Å². The summed E-state index contributed by atoms with van der Waals surface area (Å²) in [5.74, 6) is -4.63. The summed E-state index contributed by atoms with van der Waals surface area (Å²) in [6.45, 7) is -2.14. The quantitative estimate of drug-likeness (QED) is 0.436. The second-order valence-electron chi connectivity index (χ2n) is 1.73. The molecule has 0 spiro atoms. The summed E-state index contributed by atoms with van der Waals surface area (Å²) in [4.78, 5) is 0. The van der Waals surface area contributed by atoms with Crippen molar-refractivity contribution in [2.45, 2.75) is 12.3 Å². The van der Waals surface area contributed by atoms with Crippen molar-refractivity contribution < 1.29 is 34.7 Å². The van der Waals surface area contributed by atoms with Crippen molar-refractivity contribution >= 4 is 10.4 Å². The number of quaternary nitrogens is 1. The van der Waals surface area contributed by atoms with Crippen molar-refractivity contribution in [1.29, 1.82) is 0 Å². The molecule has 0 amide bonds. The van der Waals surface area contributed by atoms with Crippen LogP contribution in [-0.4, -0.2) is 31.9 Å². The van der Waals surface area contributed by atoms with Crippen LogP contribution < -0.4 is 6.15 Å². The predicted octanol–water partition coefficient (Wildman–Crippen LogP) is 0.740. The minimum absolute atomic E-state index is 0. The lowest BCUT2D eigenvalue weighted by Crippen LogP contribution is -2.33. The molecule has 0 aliphatic rings. The zero-order valence-electron chi connectivity index (χ0n) is 6.34. The molecule has 0 rings (SSSR count). The molecule has 0 atom stereocenters. The van der Waals surface area contributed by atoms with Gasteiger partial charge in [0.2, 0.25) is 10.4 Å². The number of hydrogen-bond donors (Lipinski definition) is 1. The van der Waals surface area contributed by atoms with Gasteiger partial charge in [0, 0.05) is 0 Å². The Bertz CT molecular complexity index is 240. The molecule has 0 bridgehead atoms. The van der Waals surface area contributed by atoms with E-state index in [9.17, 15) is 30.5 Å². The van der Waals surface area contributed by atoms with Crippen molar-refractivity contribution in [2.24, 2.45) is 0 Å². The fourth-order valence-electron chi connectivity index (χ4n) is 0.214.